The van der Waals surface area contributed by atoms with Gasteiger partial charge in [0, 0.05) is 11.0 Å². The quantitative estimate of drug-likeness (QED) is 0.907. The highest BCUT2D eigenvalue weighted by Crippen LogP contribution is 2.24. The highest BCUT2D eigenvalue weighted by molar-refractivity contribution is 9.10. The number of piperidine rings is 1. The molecule has 0 aromatic heterocycles. The minimum Gasteiger partial charge on any atom is -0.480 e. The maximum Gasteiger partial charge on any atom is 0.326 e. The summed E-state index contributed by atoms with van der Waals surface area (Å²) in [5.41, 5.74) is 0.160. The second kappa shape index (κ2) is 5.69. The van der Waals surface area contributed by atoms with E-state index in [1.165, 1.54) is 17.0 Å². The molecule has 0 unspecified atom stereocenters. The molecule has 0 saturated carbocycles. The molecule has 0 aliphatic carbocycles. The molecule has 1 aliphatic rings. The lowest BCUT2D eigenvalue weighted by molar-refractivity contribution is -0.143. The Kier molecular flexibility index (Phi) is 4.19. The van der Waals surface area contributed by atoms with Gasteiger partial charge >= 0.3 is 5.97 Å². The Balaban J connectivity index is 2.31. The van der Waals surface area contributed by atoms with E-state index in [1.807, 2.05) is 0 Å². The van der Waals surface area contributed by atoms with Crippen molar-refractivity contribution in [3.8, 4) is 0 Å². The number of likely N-dealkylation sites (tertiary alicyclic amines) is 1. The van der Waals surface area contributed by atoms with Crippen molar-refractivity contribution in [3.63, 3.8) is 0 Å². The van der Waals surface area contributed by atoms with Crippen molar-refractivity contribution in [1.82, 2.24) is 4.90 Å². The topological polar surface area (TPSA) is 57.6 Å². The van der Waals surface area contributed by atoms with Gasteiger partial charge in [0.15, 0.2) is 0 Å². The summed E-state index contributed by atoms with van der Waals surface area (Å²) in [6, 6.07) is 2.99. The van der Waals surface area contributed by atoms with Crippen LogP contribution < -0.4 is 0 Å². The van der Waals surface area contributed by atoms with Gasteiger partial charge < -0.3 is 10.0 Å². The van der Waals surface area contributed by atoms with E-state index < -0.39 is 23.7 Å². The van der Waals surface area contributed by atoms with Gasteiger partial charge in [-0.25, -0.2) is 9.18 Å². The van der Waals surface area contributed by atoms with Gasteiger partial charge in [0.2, 0.25) is 0 Å². The van der Waals surface area contributed by atoms with Gasteiger partial charge in [-0.15, -0.1) is 0 Å². The van der Waals surface area contributed by atoms with Gasteiger partial charge in [0.25, 0.3) is 5.91 Å². The van der Waals surface area contributed by atoms with Crippen LogP contribution in [0.4, 0.5) is 4.39 Å². The molecule has 1 heterocycles. The van der Waals surface area contributed by atoms with Gasteiger partial charge in [-0.2, -0.15) is 0 Å². The van der Waals surface area contributed by atoms with Crippen molar-refractivity contribution >= 4 is 27.8 Å². The maximum absolute atomic E-state index is 13.2. The molecule has 102 valence electrons. The number of carbonyl (C=O) groups excluding carboxylic acids is 1. The molecule has 0 radical (unpaired) electrons. The molecular weight excluding hydrogens is 317 g/mol. The predicted molar refractivity (Wildman–Crippen MR) is 70.4 cm³/mol. The van der Waals surface area contributed by atoms with Gasteiger partial charge in [0.1, 0.15) is 11.9 Å². The summed E-state index contributed by atoms with van der Waals surface area (Å²) in [4.78, 5) is 24.8. The molecule has 1 amide bonds. The Morgan fingerprint density at radius 3 is 2.79 bits per heavy atom. The van der Waals surface area contributed by atoms with Gasteiger partial charge in [-0.3, -0.25) is 4.79 Å². The number of carboxylic acids is 1. The van der Waals surface area contributed by atoms with Gasteiger partial charge in [0.05, 0.1) is 5.56 Å². The molecule has 0 bridgehead atoms. The Morgan fingerprint density at radius 1 is 1.37 bits per heavy atom. The van der Waals surface area contributed by atoms with Crippen LogP contribution in [-0.2, 0) is 4.79 Å². The molecule has 1 atom stereocenters. The van der Waals surface area contributed by atoms with Gasteiger partial charge in [-0.05, 0) is 53.4 Å². The highest BCUT2D eigenvalue weighted by atomic mass is 79.9. The number of carbonyl (C=O) groups is 2. The summed E-state index contributed by atoms with van der Waals surface area (Å²) in [5.74, 6) is -1.98. The third-order valence-corrected chi connectivity index (χ3v) is 3.90. The first-order chi connectivity index (χ1) is 9.00. The second-order valence-corrected chi connectivity index (χ2v) is 5.33. The van der Waals surface area contributed by atoms with Crippen LogP contribution in [0.5, 0.6) is 0 Å². The number of benzene rings is 1. The highest BCUT2D eigenvalue weighted by Gasteiger charge is 2.33. The zero-order valence-electron chi connectivity index (χ0n) is 10.1. The normalized spacial score (nSPS) is 19.3. The van der Waals surface area contributed by atoms with Crippen molar-refractivity contribution in [1.29, 1.82) is 0 Å². The van der Waals surface area contributed by atoms with E-state index in [4.69, 9.17) is 5.11 Å². The number of rotatable bonds is 2. The molecule has 1 fully saturated rings. The number of aliphatic carboxylic acids is 1. The maximum atomic E-state index is 13.2. The van der Waals surface area contributed by atoms with Crippen molar-refractivity contribution in [2.75, 3.05) is 6.54 Å². The number of nitrogens with zero attached hydrogens (tertiary/aromatic N) is 1. The van der Waals surface area contributed by atoms with Crippen molar-refractivity contribution in [3.05, 3.63) is 34.1 Å². The van der Waals surface area contributed by atoms with E-state index in [9.17, 15) is 14.0 Å². The molecule has 1 N–H and O–H groups in total. The third-order valence-electron chi connectivity index (χ3n) is 3.21. The van der Waals surface area contributed by atoms with Crippen LogP contribution in [0.2, 0.25) is 0 Å². The fourth-order valence-electron chi connectivity index (χ4n) is 2.25. The molecule has 1 saturated heterocycles. The summed E-state index contributed by atoms with van der Waals surface area (Å²) in [6.07, 6.45) is 1.99. The standard InChI is InChI=1S/C13H13BrFNO3/c14-10-5-4-8(15)7-9(10)12(17)16-6-2-1-3-11(16)13(18)19/h4-5,7,11H,1-3,6H2,(H,18,19)/t11-/m0/s1. The Hall–Kier alpha value is -1.43. The number of carboxylic acid groups (broad SMARTS) is 1. The summed E-state index contributed by atoms with van der Waals surface area (Å²) < 4.78 is 13.7. The van der Waals surface area contributed by atoms with E-state index >= 15 is 0 Å². The zero-order chi connectivity index (χ0) is 14.0. The second-order valence-electron chi connectivity index (χ2n) is 4.47. The molecular formula is C13H13BrFNO3. The summed E-state index contributed by atoms with van der Waals surface area (Å²) in [5, 5.41) is 9.15. The summed E-state index contributed by atoms with van der Waals surface area (Å²) >= 11 is 3.19. The lowest BCUT2D eigenvalue weighted by Crippen LogP contribution is -2.48. The molecule has 1 aliphatic heterocycles. The first-order valence-electron chi connectivity index (χ1n) is 5.99. The molecule has 19 heavy (non-hydrogen) atoms. The predicted octanol–water partition coefficient (Wildman–Crippen LogP) is 2.67. The van der Waals surface area contributed by atoms with Crippen LogP contribution in [0, 0.1) is 5.82 Å². The number of hydrogen-bond donors (Lipinski definition) is 1. The van der Waals surface area contributed by atoms with E-state index in [0.29, 0.717) is 17.4 Å². The van der Waals surface area contributed by atoms with Crippen LogP contribution in [0.1, 0.15) is 29.6 Å². The first kappa shape index (κ1) is 14.0. The van der Waals surface area contributed by atoms with Crippen molar-refractivity contribution < 1.29 is 19.1 Å². The van der Waals surface area contributed by atoms with E-state index in [0.717, 1.165) is 18.9 Å². The van der Waals surface area contributed by atoms with E-state index in [-0.39, 0.29) is 5.56 Å². The Morgan fingerprint density at radius 2 is 2.11 bits per heavy atom. The number of halogens is 2. The van der Waals surface area contributed by atoms with Crippen LogP contribution in [-0.4, -0.2) is 34.5 Å². The zero-order valence-corrected chi connectivity index (χ0v) is 11.7. The molecule has 1 aromatic rings. The minimum absolute atomic E-state index is 0.160. The fraction of sp³-hybridized carbons (Fsp3) is 0.385. The Bertz CT molecular complexity index is 521. The van der Waals surface area contributed by atoms with Crippen LogP contribution >= 0.6 is 15.9 Å². The fourth-order valence-corrected chi connectivity index (χ4v) is 2.66. The first-order valence-corrected chi connectivity index (χ1v) is 6.79. The minimum atomic E-state index is -1.01. The Labute approximate surface area is 118 Å². The lowest BCUT2D eigenvalue weighted by atomic mass is 10.0. The molecule has 1 aromatic carbocycles. The van der Waals surface area contributed by atoms with Gasteiger partial charge in [-0.1, -0.05) is 0 Å². The molecule has 0 spiro atoms. The van der Waals surface area contributed by atoms with Crippen LogP contribution in [0.15, 0.2) is 22.7 Å². The third kappa shape index (κ3) is 2.94. The number of amides is 1. The van der Waals surface area contributed by atoms with Crippen molar-refractivity contribution in [2.24, 2.45) is 0 Å². The van der Waals surface area contributed by atoms with Crippen molar-refractivity contribution in [2.45, 2.75) is 25.3 Å². The number of hydrogen-bond acceptors (Lipinski definition) is 2. The van der Waals surface area contributed by atoms with E-state index in [1.54, 1.807) is 0 Å². The van der Waals surface area contributed by atoms with Crippen LogP contribution in [0.3, 0.4) is 0 Å². The monoisotopic (exact) mass is 329 g/mol. The molecule has 6 heteroatoms. The lowest BCUT2D eigenvalue weighted by Gasteiger charge is -2.33. The van der Waals surface area contributed by atoms with Crippen LogP contribution in [0.25, 0.3) is 0 Å². The summed E-state index contributed by atoms with van der Waals surface area (Å²) in [7, 11) is 0. The average Bonchev–Trinajstić information content (AvgIpc) is 2.40. The summed E-state index contributed by atoms with van der Waals surface area (Å²) in [6.45, 7) is 0.388. The SMILES string of the molecule is O=C(O)[C@@H]1CCCCN1C(=O)c1cc(F)ccc1Br. The average molecular weight is 330 g/mol. The molecule has 2 rings (SSSR count). The molecule has 4 nitrogen and oxygen atoms in total. The smallest absolute Gasteiger partial charge is 0.326 e. The van der Waals surface area contributed by atoms with E-state index in [2.05, 4.69) is 15.9 Å². The largest absolute Gasteiger partial charge is 0.480 e.